The van der Waals surface area contributed by atoms with Gasteiger partial charge in [0.05, 0.1) is 17.1 Å². The Morgan fingerprint density at radius 3 is 2.62 bits per heavy atom. The van der Waals surface area contributed by atoms with Gasteiger partial charge < -0.3 is 10.3 Å². The van der Waals surface area contributed by atoms with Gasteiger partial charge in [-0.1, -0.05) is 42.5 Å². The summed E-state index contributed by atoms with van der Waals surface area (Å²) in [5, 5.41) is 0. The van der Waals surface area contributed by atoms with Gasteiger partial charge >= 0.3 is 0 Å². The predicted octanol–water partition coefficient (Wildman–Crippen LogP) is 4.42. The van der Waals surface area contributed by atoms with Crippen LogP contribution in [0.5, 0.6) is 0 Å². The number of rotatable bonds is 8. The third-order valence-corrected chi connectivity index (χ3v) is 4.98. The molecular formula is C20H25N3S. The predicted molar refractivity (Wildman–Crippen MR) is 104 cm³/mol. The fraction of sp³-hybridized carbons (Fsp3) is 0.350. The molecule has 0 saturated carbocycles. The topological polar surface area (TPSA) is 43.8 Å². The maximum absolute atomic E-state index is 6.43. The largest absolute Gasteiger partial charge is 0.327 e. The molecular weight excluding hydrogens is 314 g/mol. The number of para-hydroxylation sites is 2. The first-order valence-corrected chi connectivity index (χ1v) is 9.92. The van der Waals surface area contributed by atoms with Crippen molar-refractivity contribution in [1.82, 2.24) is 9.55 Å². The lowest BCUT2D eigenvalue weighted by Crippen LogP contribution is -2.18. The van der Waals surface area contributed by atoms with Crippen molar-refractivity contribution in [3.8, 4) is 0 Å². The van der Waals surface area contributed by atoms with E-state index in [1.165, 1.54) is 11.1 Å². The second-order valence-corrected chi connectivity index (χ2v) is 7.07. The molecule has 0 aliphatic rings. The van der Waals surface area contributed by atoms with Gasteiger partial charge in [-0.2, -0.15) is 11.8 Å². The summed E-state index contributed by atoms with van der Waals surface area (Å²) in [4.78, 5) is 4.82. The quantitative estimate of drug-likeness (QED) is 0.660. The van der Waals surface area contributed by atoms with Gasteiger partial charge in [0, 0.05) is 6.54 Å². The number of hydrogen-bond donors (Lipinski definition) is 1. The molecule has 0 fully saturated rings. The lowest BCUT2D eigenvalue weighted by Gasteiger charge is -2.14. The van der Waals surface area contributed by atoms with Crippen LogP contribution in [0.25, 0.3) is 11.0 Å². The molecule has 24 heavy (non-hydrogen) atoms. The Labute approximate surface area is 148 Å². The Hall–Kier alpha value is -1.78. The van der Waals surface area contributed by atoms with Crippen LogP contribution in [0.15, 0.2) is 54.6 Å². The number of benzene rings is 2. The fourth-order valence-corrected chi connectivity index (χ4v) is 3.56. The minimum Gasteiger partial charge on any atom is -0.327 e. The van der Waals surface area contributed by atoms with Crippen molar-refractivity contribution in [1.29, 1.82) is 0 Å². The maximum Gasteiger partial charge on any atom is 0.126 e. The number of aryl methyl sites for hydroxylation is 2. The van der Waals surface area contributed by atoms with Crippen LogP contribution in [0, 0.1) is 0 Å². The van der Waals surface area contributed by atoms with Gasteiger partial charge in [0.1, 0.15) is 5.82 Å². The van der Waals surface area contributed by atoms with Crippen LogP contribution in [-0.2, 0) is 13.0 Å². The summed E-state index contributed by atoms with van der Waals surface area (Å²) in [5.41, 5.74) is 10.1. The van der Waals surface area contributed by atoms with E-state index in [9.17, 15) is 0 Å². The van der Waals surface area contributed by atoms with E-state index in [1.807, 2.05) is 17.8 Å². The summed E-state index contributed by atoms with van der Waals surface area (Å²) in [6.07, 6.45) is 5.25. The van der Waals surface area contributed by atoms with E-state index in [2.05, 4.69) is 59.4 Å². The first-order chi connectivity index (χ1) is 11.8. The molecule has 0 spiro atoms. The Kier molecular flexibility index (Phi) is 5.94. The minimum atomic E-state index is 0.00146. The number of fused-ring (bicyclic) bond motifs is 1. The number of thioether (sulfide) groups is 1. The van der Waals surface area contributed by atoms with E-state index in [0.717, 1.165) is 42.9 Å². The van der Waals surface area contributed by atoms with Gasteiger partial charge in [-0.25, -0.2) is 4.98 Å². The van der Waals surface area contributed by atoms with Crippen LogP contribution in [-0.4, -0.2) is 21.6 Å². The zero-order valence-corrected chi connectivity index (χ0v) is 15.0. The Bertz CT molecular complexity index is 767. The molecule has 4 heteroatoms. The molecule has 1 aromatic heterocycles. The first-order valence-electron chi connectivity index (χ1n) is 8.53. The van der Waals surface area contributed by atoms with E-state index >= 15 is 0 Å². The number of hydrogen-bond acceptors (Lipinski definition) is 3. The Balaban J connectivity index is 1.79. The highest BCUT2D eigenvalue weighted by atomic mass is 32.2. The van der Waals surface area contributed by atoms with Crippen molar-refractivity contribution in [2.45, 2.75) is 31.8 Å². The highest BCUT2D eigenvalue weighted by molar-refractivity contribution is 7.98. The molecule has 3 nitrogen and oxygen atoms in total. The van der Waals surface area contributed by atoms with Crippen molar-refractivity contribution < 1.29 is 0 Å². The summed E-state index contributed by atoms with van der Waals surface area (Å²) in [6, 6.07) is 19.0. The monoisotopic (exact) mass is 339 g/mol. The lowest BCUT2D eigenvalue weighted by atomic mass is 10.1. The molecule has 1 atom stereocenters. The van der Waals surface area contributed by atoms with Crippen molar-refractivity contribution in [3.05, 3.63) is 66.0 Å². The second-order valence-electron chi connectivity index (χ2n) is 6.09. The summed E-state index contributed by atoms with van der Waals surface area (Å²) in [5.74, 6) is 2.09. The van der Waals surface area contributed by atoms with Crippen LogP contribution in [0.1, 0.15) is 30.3 Å². The van der Waals surface area contributed by atoms with E-state index in [-0.39, 0.29) is 6.04 Å². The van der Waals surface area contributed by atoms with Crippen molar-refractivity contribution >= 4 is 22.8 Å². The average molecular weight is 340 g/mol. The summed E-state index contributed by atoms with van der Waals surface area (Å²) < 4.78 is 2.32. The number of imidazole rings is 1. The van der Waals surface area contributed by atoms with Gasteiger partial charge in [-0.15, -0.1) is 0 Å². The Morgan fingerprint density at radius 2 is 1.83 bits per heavy atom. The molecule has 3 rings (SSSR count). The SMILES string of the molecule is CSCCC(N)c1nc2ccccc2n1CCCc1ccccc1. The molecule has 1 heterocycles. The molecule has 0 saturated heterocycles. The minimum absolute atomic E-state index is 0.00146. The zero-order chi connectivity index (χ0) is 16.8. The molecule has 2 N–H and O–H groups in total. The maximum atomic E-state index is 6.43. The molecule has 0 amide bonds. The molecule has 1 unspecified atom stereocenters. The first kappa shape index (κ1) is 17.1. The molecule has 0 aliphatic carbocycles. The van der Waals surface area contributed by atoms with Crippen LogP contribution < -0.4 is 5.73 Å². The molecule has 0 bridgehead atoms. The number of nitrogens with zero attached hydrogens (tertiary/aromatic N) is 2. The van der Waals surface area contributed by atoms with Gasteiger partial charge in [0.15, 0.2) is 0 Å². The van der Waals surface area contributed by atoms with E-state index in [1.54, 1.807) is 0 Å². The van der Waals surface area contributed by atoms with Gasteiger partial charge in [0.2, 0.25) is 0 Å². The molecule has 126 valence electrons. The molecule has 3 aromatic rings. The molecule has 0 radical (unpaired) electrons. The lowest BCUT2D eigenvalue weighted by molar-refractivity contribution is 0.566. The zero-order valence-electron chi connectivity index (χ0n) is 14.2. The van der Waals surface area contributed by atoms with Gasteiger partial charge in [-0.05, 0) is 49.0 Å². The summed E-state index contributed by atoms with van der Waals surface area (Å²) in [7, 11) is 0. The number of aromatic nitrogens is 2. The van der Waals surface area contributed by atoms with Gasteiger partial charge in [-0.3, -0.25) is 0 Å². The van der Waals surface area contributed by atoms with Crippen LogP contribution in [0.4, 0.5) is 0 Å². The van der Waals surface area contributed by atoms with Crippen LogP contribution >= 0.6 is 11.8 Å². The third-order valence-electron chi connectivity index (χ3n) is 4.34. The van der Waals surface area contributed by atoms with Crippen molar-refractivity contribution in [2.24, 2.45) is 5.73 Å². The van der Waals surface area contributed by atoms with Crippen molar-refractivity contribution in [3.63, 3.8) is 0 Å². The highest BCUT2D eigenvalue weighted by Gasteiger charge is 2.16. The Morgan fingerprint density at radius 1 is 1.08 bits per heavy atom. The molecule has 2 aromatic carbocycles. The molecule has 0 aliphatic heterocycles. The summed E-state index contributed by atoms with van der Waals surface area (Å²) in [6.45, 7) is 0.956. The van der Waals surface area contributed by atoms with E-state index in [0.29, 0.717) is 0 Å². The highest BCUT2D eigenvalue weighted by Crippen LogP contribution is 2.23. The average Bonchev–Trinajstić information content (AvgIpc) is 2.99. The smallest absolute Gasteiger partial charge is 0.126 e. The fourth-order valence-electron chi connectivity index (χ4n) is 3.07. The van der Waals surface area contributed by atoms with Crippen LogP contribution in [0.3, 0.4) is 0 Å². The van der Waals surface area contributed by atoms with E-state index in [4.69, 9.17) is 10.7 Å². The van der Waals surface area contributed by atoms with Crippen LogP contribution in [0.2, 0.25) is 0 Å². The van der Waals surface area contributed by atoms with Crippen molar-refractivity contribution in [2.75, 3.05) is 12.0 Å². The van der Waals surface area contributed by atoms with E-state index < -0.39 is 0 Å². The number of nitrogens with two attached hydrogens (primary N) is 1. The summed E-state index contributed by atoms with van der Waals surface area (Å²) >= 11 is 1.84. The second kappa shape index (κ2) is 8.36. The normalized spacial score (nSPS) is 12.6. The van der Waals surface area contributed by atoms with Gasteiger partial charge in [0.25, 0.3) is 0 Å². The standard InChI is InChI=1S/C20H25N3S/c1-24-15-13-17(21)20-22-18-11-5-6-12-19(18)23(20)14-7-10-16-8-3-2-4-9-16/h2-6,8-9,11-12,17H,7,10,13-15,21H2,1H3. The third kappa shape index (κ3) is 4.00.